The molecule has 0 bridgehead atoms. The molecule has 0 aliphatic carbocycles. The molecule has 1 rings (SSSR count). The Labute approximate surface area is 77.0 Å². The first-order valence-corrected chi connectivity index (χ1v) is 4.10. The van der Waals surface area contributed by atoms with Gasteiger partial charge in [-0.1, -0.05) is 0 Å². The van der Waals surface area contributed by atoms with Crippen LogP contribution in [0.15, 0.2) is 12.3 Å². The van der Waals surface area contributed by atoms with Crippen molar-refractivity contribution in [3.8, 4) is 0 Å². The summed E-state index contributed by atoms with van der Waals surface area (Å²) < 4.78 is 0. The predicted octanol–water partition coefficient (Wildman–Crippen LogP) is 0.504. The van der Waals surface area contributed by atoms with Gasteiger partial charge in [-0.15, -0.1) is 0 Å². The number of ketones is 1. The summed E-state index contributed by atoms with van der Waals surface area (Å²) >= 11 is 0. The van der Waals surface area contributed by atoms with Crippen LogP contribution in [0.2, 0.25) is 0 Å². The molecule has 13 heavy (non-hydrogen) atoms. The van der Waals surface area contributed by atoms with Crippen molar-refractivity contribution in [2.45, 2.75) is 13.3 Å². The van der Waals surface area contributed by atoms with E-state index in [1.54, 1.807) is 12.3 Å². The first kappa shape index (κ1) is 9.67. The number of anilines is 1. The molecule has 4 heteroatoms. The van der Waals surface area contributed by atoms with Crippen LogP contribution in [0, 0.1) is 6.92 Å². The van der Waals surface area contributed by atoms with Gasteiger partial charge >= 0.3 is 0 Å². The number of nitrogens with two attached hydrogens (primary N) is 2. The van der Waals surface area contributed by atoms with Crippen molar-refractivity contribution in [3.05, 3.63) is 23.4 Å². The van der Waals surface area contributed by atoms with Gasteiger partial charge in [-0.2, -0.15) is 0 Å². The highest BCUT2D eigenvalue weighted by molar-refractivity contribution is 6.00. The van der Waals surface area contributed by atoms with Crippen molar-refractivity contribution in [1.82, 2.24) is 4.98 Å². The third kappa shape index (κ3) is 2.26. The predicted molar refractivity (Wildman–Crippen MR) is 51.4 cm³/mol. The Morgan fingerprint density at radius 3 is 2.92 bits per heavy atom. The van der Waals surface area contributed by atoms with E-state index in [0.717, 1.165) is 5.56 Å². The Kier molecular flexibility index (Phi) is 2.97. The summed E-state index contributed by atoms with van der Waals surface area (Å²) in [7, 11) is 0. The van der Waals surface area contributed by atoms with Gasteiger partial charge in [-0.05, 0) is 25.1 Å². The summed E-state index contributed by atoms with van der Waals surface area (Å²) in [4.78, 5) is 15.3. The molecule has 0 fully saturated rings. The molecule has 0 atom stereocenters. The second-order valence-corrected chi connectivity index (χ2v) is 2.91. The molecule has 0 radical (unpaired) electrons. The SMILES string of the molecule is Cc1cnc(N)c(C(=O)CCN)c1. The van der Waals surface area contributed by atoms with E-state index in [1.165, 1.54) is 0 Å². The van der Waals surface area contributed by atoms with Crippen LogP contribution < -0.4 is 11.5 Å². The normalized spacial score (nSPS) is 10.0. The summed E-state index contributed by atoms with van der Waals surface area (Å²) in [6.45, 7) is 2.21. The van der Waals surface area contributed by atoms with Gasteiger partial charge in [0.2, 0.25) is 0 Å². The third-order valence-electron chi connectivity index (χ3n) is 1.73. The lowest BCUT2D eigenvalue weighted by Crippen LogP contribution is -2.11. The molecular weight excluding hydrogens is 166 g/mol. The van der Waals surface area contributed by atoms with Crippen LogP contribution in [0.25, 0.3) is 0 Å². The van der Waals surface area contributed by atoms with E-state index in [4.69, 9.17) is 11.5 Å². The zero-order chi connectivity index (χ0) is 9.84. The Morgan fingerprint density at radius 1 is 1.62 bits per heavy atom. The minimum atomic E-state index is -0.0452. The molecule has 4 nitrogen and oxygen atoms in total. The van der Waals surface area contributed by atoms with Gasteiger partial charge in [0.25, 0.3) is 0 Å². The summed E-state index contributed by atoms with van der Waals surface area (Å²) in [6.07, 6.45) is 1.95. The Balaban J connectivity index is 2.99. The zero-order valence-corrected chi connectivity index (χ0v) is 7.58. The summed E-state index contributed by atoms with van der Waals surface area (Å²) in [5.41, 5.74) is 12.2. The van der Waals surface area contributed by atoms with Crippen molar-refractivity contribution < 1.29 is 4.79 Å². The van der Waals surface area contributed by atoms with Crippen LogP contribution in [0.1, 0.15) is 22.3 Å². The number of carbonyl (C=O) groups is 1. The van der Waals surface area contributed by atoms with Crippen LogP contribution in [0.5, 0.6) is 0 Å². The molecule has 0 aliphatic rings. The van der Waals surface area contributed by atoms with Crippen LogP contribution in [0.4, 0.5) is 5.82 Å². The number of nitrogens with zero attached hydrogens (tertiary/aromatic N) is 1. The quantitative estimate of drug-likeness (QED) is 0.662. The minimum Gasteiger partial charge on any atom is -0.383 e. The minimum absolute atomic E-state index is 0.0452. The van der Waals surface area contributed by atoms with Crippen molar-refractivity contribution >= 4 is 11.6 Å². The number of nitrogen functional groups attached to an aromatic ring is 1. The van der Waals surface area contributed by atoms with E-state index < -0.39 is 0 Å². The fraction of sp³-hybridized carbons (Fsp3) is 0.333. The lowest BCUT2D eigenvalue weighted by molar-refractivity contribution is 0.0986. The molecular formula is C9H13N3O. The third-order valence-corrected chi connectivity index (χ3v) is 1.73. The standard InChI is InChI=1S/C9H13N3O/c1-6-4-7(8(13)2-3-10)9(11)12-5-6/h4-5H,2-3,10H2,1H3,(H2,11,12). The molecule has 0 aliphatic heterocycles. The second-order valence-electron chi connectivity index (χ2n) is 2.91. The van der Waals surface area contributed by atoms with Gasteiger partial charge in [0.1, 0.15) is 5.82 Å². The van der Waals surface area contributed by atoms with E-state index in [9.17, 15) is 4.79 Å². The zero-order valence-electron chi connectivity index (χ0n) is 7.58. The van der Waals surface area contributed by atoms with Crippen LogP contribution in [-0.4, -0.2) is 17.3 Å². The highest BCUT2D eigenvalue weighted by atomic mass is 16.1. The van der Waals surface area contributed by atoms with E-state index >= 15 is 0 Å². The molecule has 0 spiro atoms. The summed E-state index contributed by atoms with van der Waals surface area (Å²) in [5.74, 6) is 0.236. The van der Waals surface area contributed by atoms with E-state index in [0.29, 0.717) is 18.5 Å². The maximum Gasteiger partial charge on any atom is 0.167 e. The highest BCUT2D eigenvalue weighted by Gasteiger charge is 2.09. The molecule has 0 aromatic carbocycles. The average molecular weight is 179 g/mol. The Bertz CT molecular complexity index is 323. The molecule has 70 valence electrons. The summed E-state index contributed by atoms with van der Waals surface area (Å²) in [6, 6.07) is 1.74. The number of hydrogen-bond acceptors (Lipinski definition) is 4. The fourth-order valence-electron chi connectivity index (χ4n) is 1.07. The number of rotatable bonds is 3. The molecule has 1 heterocycles. The fourth-order valence-corrected chi connectivity index (χ4v) is 1.07. The molecule has 0 amide bonds. The lowest BCUT2D eigenvalue weighted by Gasteiger charge is -2.03. The monoisotopic (exact) mass is 179 g/mol. The van der Waals surface area contributed by atoms with Crippen molar-refractivity contribution in [2.24, 2.45) is 5.73 Å². The first-order valence-electron chi connectivity index (χ1n) is 4.10. The van der Waals surface area contributed by atoms with Gasteiger partial charge in [-0.3, -0.25) is 4.79 Å². The molecule has 0 unspecified atom stereocenters. The first-order chi connectivity index (χ1) is 6.15. The highest BCUT2D eigenvalue weighted by Crippen LogP contribution is 2.12. The van der Waals surface area contributed by atoms with Crippen molar-refractivity contribution in [1.29, 1.82) is 0 Å². The Hall–Kier alpha value is -1.42. The van der Waals surface area contributed by atoms with Crippen molar-refractivity contribution in [3.63, 3.8) is 0 Å². The van der Waals surface area contributed by atoms with Crippen LogP contribution in [-0.2, 0) is 0 Å². The smallest absolute Gasteiger partial charge is 0.167 e. The number of pyridine rings is 1. The number of aromatic nitrogens is 1. The van der Waals surface area contributed by atoms with Crippen LogP contribution >= 0.6 is 0 Å². The molecule has 1 aromatic rings. The largest absolute Gasteiger partial charge is 0.383 e. The van der Waals surface area contributed by atoms with E-state index in [2.05, 4.69) is 4.98 Å². The van der Waals surface area contributed by atoms with Gasteiger partial charge in [0, 0.05) is 12.6 Å². The van der Waals surface area contributed by atoms with Gasteiger partial charge in [0.15, 0.2) is 5.78 Å². The Morgan fingerprint density at radius 2 is 2.31 bits per heavy atom. The number of Topliss-reactive ketones (excluding diaryl/α,β-unsaturated/α-hetero) is 1. The van der Waals surface area contributed by atoms with E-state index in [1.807, 2.05) is 6.92 Å². The molecule has 0 saturated carbocycles. The maximum absolute atomic E-state index is 11.4. The lowest BCUT2D eigenvalue weighted by atomic mass is 10.1. The summed E-state index contributed by atoms with van der Waals surface area (Å²) in [5, 5.41) is 0. The topological polar surface area (TPSA) is 82.0 Å². The maximum atomic E-state index is 11.4. The molecule has 0 saturated heterocycles. The average Bonchev–Trinajstić information content (AvgIpc) is 2.09. The van der Waals surface area contributed by atoms with Crippen LogP contribution in [0.3, 0.4) is 0 Å². The number of carbonyl (C=O) groups excluding carboxylic acids is 1. The van der Waals surface area contributed by atoms with Gasteiger partial charge in [0.05, 0.1) is 5.56 Å². The molecule has 4 N–H and O–H groups in total. The number of aryl methyl sites for hydroxylation is 1. The van der Waals surface area contributed by atoms with Gasteiger partial charge < -0.3 is 11.5 Å². The number of hydrogen-bond donors (Lipinski definition) is 2. The van der Waals surface area contributed by atoms with Crippen molar-refractivity contribution in [2.75, 3.05) is 12.3 Å². The second kappa shape index (κ2) is 4.00. The molecule has 1 aromatic heterocycles. The van der Waals surface area contributed by atoms with Gasteiger partial charge in [-0.25, -0.2) is 4.98 Å². The van der Waals surface area contributed by atoms with E-state index in [-0.39, 0.29) is 11.6 Å².